The lowest BCUT2D eigenvalue weighted by Gasteiger charge is -2.25. The Hall–Kier alpha value is -2.63. The summed E-state index contributed by atoms with van der Waals surface area (Å²) in [5.41, 5.74) is -3.97. The summed E-state index contributed by atoms with van der Waals surface area (Å²) in [6.07, 6.45) is -5.24. The molecule has 156 valence electrons. The number of anilines is 1. The van der Waals surface area contributed by atoms with Crippen molar-refractivity contribution in [2.45, 2.75) is 23.6 Å². The second-order valence-electron chi connectivity index (χ2n) is 5.97. The van der Waals surface area contributed by atoms with Crippen molar-refractivity contribution < 1.29 is 36.3 Å². The number of aliphatic hydroxyl groups is 1. The smallest absolute Gasteiger partial charge is 0.373 e. The average Bonchev–Trinajstić information content (AvgIpc) is 2.62. The first kappa shape index (κ1) is 22.7. The van der Waals surface area contributed by atoms with Crippen LogP contribution in [0.3, 0.4) is 0 Å². The number of amides is 2. The zero-order chi connectivity index (χ0) is 22.0. The number of nitrogens with one attached hydrogen (secondary N) is 2. The van der Waals surface area contributed by atoms with Gasteiger partial charge in [-0.15, -0.1) is 0 Å². The third kappa shape index (κ3) is 5.05. The van der Waals surface area contributed by atoms with E-state index in [9.17, 15) is 36.3 Å². The Morgan fingerprint density at radius 3 is 2.17 bits per heavy atom. The largest absolute Gasteiger partial charge is 0.426 e. The second kappa shape index (κ2) is 8.01. The van der Waals surface area contributed by atoms with Gasteiger partial charge >= 0.3 is 6.18 Å². The van der Waals surface area contributed by atoms with Gasteiger partial charge in [-0.25, -0.2) is 13.1 Å². The van der Waals surface area contributed by atoms with Crippen LogP contribution in [0.5, 0.6) is 0 Å². The van der Waals surface area contributed by atoms with Gasteiger partial charge in [0.15, 0.2) is 0 Å². The van der Waals surface area contributed by atoms with E-state index < -0.39 is 43.5 Å². The quantitative estimate of drug-likeness (QED) is 0.648. The van der Waals surface area contributed by atoms with Gasteiger partial charge in [0, 0.05) is 5.56 Å². The molecule has 0 aromatic heterocycles. The Morgan fingerprint density at radius 2 is 1.66 bits per heavy atom. The lowest BCUT2D eigenvalue weighted by Crippen LogP contribution is -2.52. The molecule has 2 amide bonds. The van der Waals surface area contributed by atoms with E-state index >= 15 is 0 Å². The third-order valence-electron chi connectivity index (χ3n) is 3.76. The summed E-state index contributed by atoms with van der Waals surface area (Å²) in [4.78, 5) is 23.3. The van der Waals surface area contributed by atoms with Crippen LogP contribution in [0.1, 0.15) is 17.3 Å². The number of halogens is 4. The van der Waals surface area contributed by atoms with E-state index in [2.05, 4.69) is 0 Å². The minimum absolute atomic E-state index is 0.0837. The first-order chi connectivity index (χ1) is 13.3. The maximum Gasteiger partial charge on any atom is 0.426 e. The zero-order valence-electron chi connectivity index (χ0n) is 14.6. The zero-order valence-corrected chi connectivity index (χ0v) is 16.2. The van der Waals surface area contributed by atoms with Crippen molar-refractivity contribution in [3.05, 3.63) is 59.1 Å². The molecular weight excluding hydrogens is 437 g/mol. The van der Waals surface area contributed by atoms with Crippen LogP contribution in [-0.4, -0.2) is 37.1 Å². The molecule has 2 aromatic rings. The molecule has 0 aliphatic heterocycles. The summed E-state index contributed by atoms with van der Waals surface area (Å²) < 4.78 is 64.6. The molecule has 0 aliphatic carbocycles. The number of benzene rings is 2. The summed E-state index contributed by atoms with van der Waals surface area (Å²) in [6, 6.07) is 10.2. The number of carbonyl (C=O) groups is 2. The Balaban J connectivity index is 2.22. The fourth-order valence-electron chi connectivity index (χ4n) is 1.97. The molecule has 0 unspecified atom stereocenters. The summed E-state index contributed by atoms with van der Waals surface area (Å²) in [5.74, 6) is -2.71. The molecule has 3 N–H and O–H groups in total. The molecule has 2 aromatic carbocycles. The van der Waals surface area contributed by atoms with Crippen molar-refractivity contribution in [3.8, 4) is 0 Å². The topological polar surface area (TPSA) is 113 Å². The number of hydrogen-bond acceptors (Lipinski definition) is 5. The molecule has 12 heteroatoms. The SMILES string of the molecule is C[C@@](O)(C(=O)Nc1ccc(S(=O)(=O)NC(=O)c2ccccc2)cc1Cl)C(F)(F)F. The second-order valence-corrected chi connectivity index (χ2v) is 8.06. The van der Waals surface area contributed by atoms with Crippen LogP contribution in [0.15, 0.2) is 53.4 Å². The van der Waals surface area contributed by atoms with Crippen molar-refractivity contribution >= 4 is 39.1 Å². The lowest BCUT2D eigenvalue weighted by molar-refractivity contribution is -0.242. The van der Waals surface area contributed by atoms with Gasteiger partial charge in [0.05, 0.1) is 15.6 Å². The predicted molar refractivity (Wildman–Crippen MR) is 97.9 cm³/mol. The number of alkyl halides is 3. The van der Waals surface area contributed by atoms with E-state index in [-0.39, 0.29) is 18.2 Å². The third-order valence-corrected chi connectivity index (χ3v) is 5.40. The normalized spacial score (nSPS) is 14.0. The molecule has 0 fully saturated rings. The maximum absolute atomic E-state index is 12.7. The Kier molecular flexibility index (Phi) is 6.26. The Bertz CT molecular complexity index is 1040. The van der Waals surface area contributed by atoms with E-state index in [0.717, 1.165) is 18.2 Å². The van der Waals surface area contributed by atoms with E-state index in [1.807, 2.05) is 4.72 Å². The van der Waals surface area contributed by atoms with Crippen LogP contribution < -0.4 is 10.0 Å². The van der Waals surface area contributed by atoms with Gasteiger partial charge in [0.2, 0.25) is 5.60 Å². The molecule has 0 heterocycles. The highest BCUT2D eigenvalue weighted by atomic mass is 35.5. The fraction of sp³-hybridized carbons (Fsp3) is 0.176. The van der Waals surface area contributed by atoms with Gasteiger partial charge < -0.3 is 10.4 Å². The highest BCUT2D eigenvalue weighted by molar-refractivity contribution is 7.90. The minimum Gasteiger partial charge on any atom is -0.373 e. The van der Waals surface area contributed by atoms with Crippen molar-refractivity contribution in [3.63, 3.8) is 0 Å². The lowest BCUT2D eigenvalue weighted by atomic mass is 10.1. The van der Waals surface area contributed by atoms with Crippen molar-refractivity contribution in [1.29, 1.82) is 0 Å². The monoisotopic (exact) mass is 450 g/mol. The van der Waals surface area contributed by atoms with Crippen LogP contribution in [-0.2, 0) is 14.8 Å². The molecule has 0 radical (unpaired) electrons. The van der Waals surface area contributed by atoms with Gasteiger partial charge in [-0.2, -0.15) is 13.2 Å². The molecule has 0 spiro atoms. The van der Waals surface area contributed by atoms with E-state index in [4.69, 9.17) is 11.6 Å². The summed E-state index contributed by atoms with van der Waals surface area (Å²) in [6.45, 7) is 0.258. The predicted octanol–water partition coefficient (Wildman–Crippen LogP) is 2.71. The maximum atomic E-state index is 12.7. The molecule has 7 nitrogen and oxygen atoms in total. The van der Waals surface area contributed by atoms with Crippen molar-refractivity contribution in [2.75, 3.05) is 5.32 Å². The van der Waals surface area contributed by atoms with E-state index in [0.29, 0.717) is 0 Å². The molecule has 0 saturated heterocycles. The summed E-state index contributed by atoms with van der Waals surface area (Å²) in [5, 5.41) is 10.7. The molecule has 0 bridgehead atoms. The standard InChI is InChI=1S/C17H14ClF3N2O5S/c1-16(26,17(19,20)21)15(25)22-13-8-7-11(9-12(13)18)29(27,28)23-14(24)10-5-3-2-4-6-10/h2-9,26H,1H3,(H,22,25)(H,23,24)/t16-/m1/s1. The van der Waals surface area contributed by atoms with Crippen molar-refractivity contribution in [1.82, 2.24) is 4.72 Å². The van der Waals surface area contributed by atoms with Gasteiger partial charge in [0.1, 0.15) is 0 Å². The number of carbonyl (C=O) groups excluding carboxylic acids is 2. The van der Waals surface area contributed by atoms with Gasteiger partial charge in [-0.05, 0) is 37.3 Å². The van der Waals surface area contributed by atoms with Gasteiger partial charge in [-0.3, -0.25) is 9.59 Å². The van der Waals surface area contributed by atoms with Gasteiger partial charge in [-0.1, -0.05) is 29.8 Å². The van der Waals surface area contributed by atoms with Crippen LogP contribution in [0.25, 0.3) is 0 Å². The summed E-state index contributed by atoms with van der Waals surface area (Å²) in [7, 11) is -4.35. The summed E-state index contributed by atoms with van der Waals surface area (Å²) >= 11 is 5.84. The highest BCUT2D eigenvalue weighted by Crippen LogP contribution is 2.32. The molecule has 0 saturated carbocycles. The molecule has 2 rings (SSSR count). The number of rotatable bonds is 5. The van der Waals surface area contributed by atoms with Gasteiger partial charge in [0.25, 0.3) is 21.8 Å². The van der Waals surface area contributed by atoms with Crippen LogP contribution in [0, 0.1) is 0 Å². The van der Waals surface area contributed by atoms with Crippen molar-refractivity contribution in [2.24, 2.45) is 0 Å². The molecule has 29 heavy (non-hydrogen) atoms. The first-order valence-corrected chi connectivity index (χ1v) is 9.64. The van der Waals surface area contributed by atoms with E-state index in [1.54, 1.807) is 11.4 Å². The van der Waals surface area contributed by atoms with Crippen LogP contribution >= 0.6 is 11.6 Å². The minimum atomic E-state index is -5.24. The van der Waals surface area contributed by atoms with Crippen LogP contribution in [0.4, 0.5) is 18.9 Å². The molecule has 0 aliphatic rings. The first-order valence-electron chi connectivity index (χ1n) is 7.78. The number of sulfonamides is 1. The number of hydrogen-bond donors (Lipinski definition) is 3. The molecule has 1 atom stereocenters. The fourth-order valence-corrected chi connectivity index (χ4v) is 3.26. The Labute approximate surface area is 168 Å². The Morgan fingerprint density at radius 1 is 1.07 bits per heavy atom. The van der Waals surface area contributed by atoms with E-state index in [1.165, 1.54) is 24.3 Å². The highest BCUT2D eigenvalue weighted by Gasteiger charge is 2.55. The molecular formula is C17H14ClF3N2O5S. The van der Waals surface area contributed by atoms with Crippen LogP contribution in [0.2, 0.25) is 5.02 Å². The average molecular weight is 451 g/mol.